The largest absolute Gasteiger partial charge is 0.492 e. The van der Waals surface area contributed by atoms with Crippen molar-refractivity contribution in [2.75, 3.05) is 0 Å². The van der Waals surface area contributed by atoms with E-state index in [2.05, 4.69) is 31.0 Å². The van der Waals surface area contributed by atoms with Crippen molar-refractivity contribution in [3.8, 4) is 5.69 Å². The van der Waals surface area contributed by atoms with Gasteiger partial charge in [-0.25, -0.2) is 4.79 Å². The van der Waals surface area contributed by atoms with Crippen molar-refractivity contribution in [1.29, 1.82) is 0 Å². The first-order valence-corrected chi connectivity index (χ1v) is 5.66. The first kappa shape index (κ1) is 13.1. The van der Waals surface area contributed by atoms with Gasteiger partial charge in [0.2, 0.25) is 0 Å². The summed E-state index contributed by atoms with van der Waals surface area (Å²) in [4.78, 5) is 28.4. The Morgan fingerprint density at radius 2 is 2.26 bits per heavy atom. The molecule has 19 heavy (non-hydrogen) atoms. The van der Waals surface area contributed by atoms with Crippen LogP contribution in [0.25, 0.3) is 5.69 Å². The lowest BCUT2D eigenvalue weighted by Gasteiger charge is -2.03. The molecule has 0 aliphatic heterocycles. The average Bonchev–Trinajstić information content (AvgIpc) is 2.71. The first-order valence-electron chi connectivity index (χ1n) is 4.87. The number of nitro groups is 1. The van der Waals surface area contributed by atoms with E-state index in [0.717, 1.165) is 10.9 Å². The number of pyridine rings is 1. The van der Waals surface area contributed by atoms with E-state index in [9.17, 15) is 14.9 Å². The third kappa shape index (κ3) is 2.42. The number of rotatable bonds is 3. The summed E-state index contributed by atoms with van der Waals surface area (Å²) in [5.41, 5.74) is 0.559. The molecule has 10 heteroatoms. The second kappa shape index (κ2) is 4.72. The Labute approximate surface area is 114 Å². The summed E-state index contributed by atoms with van der Waals surface area (Å²) in [6.45, 7) is 1.66. The Hall–Kier alpha value is -2.36. The van der Waals surface area contributed by atoms with E-state index < -0.39 is 16.8 Å². The van der Waals surface area contributed by atoms with E-state index in [0.29, 0.717) is 5.69 Å². The van der Waals surface area contributed by atoms with Gasteiger partial charge in [-0.3, -0.25) is 4.98 Å². The number of aryl methyl sites for hydroxylation is 1. The predicted molar refractivity (Wildman–Crippen MR) is 65.2 cm³/mol. The Bertz CT molecular complexity index is 683. The molecule has 0 amide bonds. The van der Waals surface area contributed by atoms with Gasteiger partial charge in [0.1, 0.15) is 11.3 Å². The lowest BCUT2D eigenvalue weighted by Crippen LogP contribution is -2.08. The summed E-state index contributed by atoms with van der Waals surface area (Å²) in [5.74, 6) is -1.84. The van der Waals surface area contributed by atoms with Crippen LogP contribution in [-0.2, 0) is 0 Å². The third-order valence-corrected chi connectivity index (χ3v) is 2.71. The zero-order valence-corrected chi connectivity index (χ0v) is 11.0. The standard InChI is InChI=1S/C9H6BrN5O4/c1-4-2-6(5(3-11-4)7(16)17)14-8(10)12-9(13-14)15(18)19/h2-3H,1H3,(H,16,17). The zero-order valence-electron chi connectivity index (χ0n) is 9.44. The molecule has 1 N–H and O–H groups in total. The SMILES string of the molecule is Cc1cc(-n2nc([N+](=O)[O-])nc2Br)c(C(=O)O)cn1. The highest BCUT2D eigenvalue weighted by atomic mass is 79.9. The molecule has 0 unspecified atom stereocenters. The number of carboxylic acid groups (broad SMARTS) is 1. The molecule has 0 aliphatic carbocycles. The van der Waals surface area contributed by atoms with Gasteiger partial charge < -0.3 is 15.2 Å². The van der Waals surface area contributed by atoms with Crippen molar-refractivity contribution in [2.24, 2.45) is 0 Å². The van der Waals surface area contributed by atoms with Gasteiger partial charge in [0.25, 0.3) is 4.73 Å². The molecule has 2 heterocycles. The van der Waals surface area contributed by atoms with Crippen LogP contribution in [0.4, 0.5) is 5.95 Å². The average molecular weight is 328 g/mol. The van der Waals surface area contributed by atoms with Crippen LogP contribution >= 0.6 is 15.9 Å². The maximum atomic E-state index is 11.1. The molecule has 0 spiro atoms. The quantitative estimate of drug-likeness (QED) is 0.666. The van der Waals surface area contributed by atoms with Crippen LogP contribution in [0.3, 0.4) is 0 Å². The van der Waals surface area contributed by atoms with Gasteiger partial charge in [0.05, 0.1) is 0 Å². The molecule has 0 aromatic carbocycles. The molecule has 0 saturated heterocycles. The van der Waals surface area contributed by atoms with Gasteiger partial charge in [-0.1, -0.05) is 0 Å². The highest BCUT2D eigenvalue weighted by Crippen LogP contribution is 2.21. The summed E-state index contributed by atoms with van der Waals surface area (Å²) in [5, 5.41) is 23.3. The Morgan fingerprint density at radius 3 is 2.79 bits per heavy atom. The van der Waals surface area contributed by atoms with Crippen molar-refractivity contribution in [1.82, 2.24) is 19.7 Å². The summed E-state index contributed by atoms with van der Waals surface area (Å²) in [7, 11) is 0. The van der Waals surface area contributed by atoms with E-state index in [1.807, 2.05) is 0 Å². The number of hydrogen-bond acceptors (Lipinski definition) is 6. The van der Waals surface area contributed by atoms with E-state index in [4.69, 9.17) is 5.11 Å². The number of aromatic carboxylic acids is 1. The highest BCUT2D eigenvalue weighted by molar-refractivity contribution is 9.10. The molecule has 2 aromatic heterocycles. The summed E-state index contributed by atoms with van der Waals surface area (Å²) < 4.78 is 1.07. The molecule has 2 aromatic rings. The molecule has 9 nitrogen and oxygen atoms in total. The van der Waals surface area contributed by atoms with Crippen molar-refractivity contribution in [3.05, 3.63) is 38.4 Å². The van der Waals surface area contributed by atoms with Gasteiger partial charge in [-0.05, 0) is 22.9 Å². The first-order chi connectivity index (χ1) is 8.90. The minimum Gasteiger partial charge on any atom is -0.478 e. The van der Waals surface area contributed by atoms with Crippen LogP contribution in [0.2, 0.25) is 0 Å². The number of aromatic nitrogens is 4. The van der Waals surface area contributed by atoms with Crippen LogP contribution in [-0.4, -0.2) is 35.7 Å². The molecule has 0 saturated carbocycles. The molecule has 2 rings (SSSR count). The maximum Gasteiger partial charge on any atom is 0.492 e. The van der Waals surface area contributed by atoms with Crippen LogP contribution in [0.1, 0.15) is 16.1 Å². The van der Waals surface area contributed by atoms with Crippen LogP contribution in [0.15, 0.2) is 17.0 Å². The summed E-state index contributed by atoms with van der Waals surface area (Å²) in [6, 6.07) is 1.45. The van der Waals surface area contributed by atoms with Crippen molar-refractivity contribution < 1.29 is 14.8 Å². The summed E-state index contributed by atoms with van der Waals surface area (Å²) >= 11 is 3.00. The molecule has 0 aliphatic rings. The molecule has 0 radical (unpaired) electrons. The number of carboxylic acids is 1. The van der Waals surface area contributed by atoms with E-state index >= 15 is 0 Å². The molecular formula is C9H6BrN5O4. The third-order valence-electron chi connectivity index (χ3n) is 2.20. The fourth-order valence-electron chi connectivity index (χ4n) is 1.40. The van der Waals surface area contributed by atoms with Crippen LogP contribution in [0, 0.1) is 17.0 Å². The minimum absolute atomic E-state index is 0.0345. The maximum absolute atomic E-state index is 11.1. The lowest BCUT2D eigenvalue weighted by atomic mass is 10.2. The Morgan fingerprint density at radius 1 is 1.58 bits per heavy atom. The van der Waals surface area contributed by atoms with Gasteiger partial charge in [0.15, 0.2) is 0 Å². The van der Waals surface area contributed by atoms with Gasteiger partial charge in [-0.15, -0.1) is 4.68 Å². The topological polar surface area (TPSA) is 124 Å². The van der Waals surface area contributed by atoms with Gasteiger partial charge in [-0.2, -0.15) is 0 Å². The summed E-state index contributed by atoms with van der Waals surface area (Å²) in [6.07, 6.45) is 1.16. The number of halogens is 1. The predicted octanol–water partition coefficient (Wildman–Crippen LogP) is 1.34. The number of carbonyl (C=O) groups is 1. The zero-order chi connectivity index (χ0) is 14.2. The van der Waals surface area contributed by atoms with E-state index in [1.54, 1.807) is 6.92 Å². The smallest absolute Gasteiger partial charge is 0.478 e. The van der Waals surface area contributed by atoms with Gasteiger partial charge in [0, 0.05) is 32.9 Å². The van der Waals surface area contributed by atoms with Crippen LogP contribution in [0.5, 0.6) is 0 Å². The monoisotopic (exact) mass is 327 g/mol. The Kier molecular flexibility index (Phi) is 3.25. The second-order valence-corrected chi connectivity index (χ2v) is 4.21. The fraction of sp³-hybridized carbons (Fsp3) is 0.111. The van der Waals surface area contributed by atoms with Crippen molar-refractivity contribution in [2.45, 2.75) is 6.92 Å². The molecule has 98 valence electrons. The normalized spacial score (nSPS) is 10.4. The second-order valence-electron chi connectivity index (χ2n) is 3.50. The molecule has 0 atom stereocenters. The van der Waals surface area contributed by atoms with Gasteiger partial charge >= 0.3 is 11.9 Å². The number of nitrogens with zero attached hydrogens (tertiary/aromatic N) is 5. The lowest BCUT2D eigenvalue weighted by molar-refractivity contribution is -0.394. The van der Waals surface area contributed by atoms with E-state index in [-0.39, 0.29) is 16.0 Å². The Balaban J connectivity index is 2.67. The highest BCUT2D eigenvalue weighted by Gasteiger charge is 2.24. The van der Waals surface area contributed by atoms with Crippen molar-refractivity contribution >= 4 is 27.8 Å². The minimum atomic E-state index is -1.22. The van der Waals surface area contributed by atoms with Crippen molar-refractivity contribution in [3.63, 3.8) is 0 Å². The number of hydrogen-bond donors (Lipinski definition) is 1. The molecular weight excluding hydrogens is 322 g/mol. The molecule has 0 fully saturated rings. The fourth-order valence-corrected chi connectivity index (χ4v) is 1.83. The van der Waals surface area contributed by atoms with E-state index in [1.165, 1.54) is 6.07 Å². The molecule has 0 bridgehead atoms. The van der Waals surface area contributed by atoms with Crippen LogP contribution < -0.4 is 0 Å².